The van der Waals surface area contributed by atoms with Crippen molar-refractivity contribution in [2.24, 2.45) is 5.73 Å². The number of aliphatic hydroxyl groups is 1. The quantitative estimate of drug-likeness (QED) is 0.360. The highest BCUT2D eigenvalue weighted by molar-refractivity contribution is 5.93. The van der Waals surface area contributed by atoms with Crippen LogP contribution in [0.3, 0.4) is 0 Å². The van der Waals surface area contributed by atoms with E-state index in [9.17, 15) is 0 Å². The van der Waals surface area contributed by atoms with E-state index in [0.29, 0.717) is 0 Å². The van der Waals surface area contributed by atoms with Gasteiger partial charge in [-0.3, -0.25) is 0 Å². The lowest BCUT2D eigenvalue weighted by atomic mass is 10.3. The van der Waals surface area contributed by atoms with Gasteiger partial charge in [-0.2, -0.15) is 0 Å². The van der Waals surface area contributed by atoms with E-state index in [1.54, 1.807) is 0 Å². The fourth-order valence-corrected chi connectivity index (χ4v) is 0.311. The highest BCUT2D eigenvalue weighted by Gasteiger charge is 1.85. The minimum absolute atomic E-state index is 0.125. The first-order valence-corrected chi connectivity index (χ1v) is 2.31. The van der Waals surface area contributed by atoms with Gasteiger partial charge in [0.1, 0.15) is 0 Å². The Bertz CT molecular complexity index is 114. The standard InChI is InChI=1S/C5H10N2O/c1-4(8)2-5(7)3-6/h2,7-8H,3,6H2,1H3/b4-2-,7-5?. The predicted octanol–water partition coefficient (Wildman–Crippen LogP) is 0.427. The van der Waals surface area contributed by atoms with Crippen LogP contribution < -0.4 is 5.73 Å². The van der Waals surface area contributed by atoms with Crippen molar-refractivity contribution < 1.29 is 5.11 Å². The molecule has 0 spiro atoms. The Hall–Kier alpha value is -0.830. The molecule has 0 aliphatic carbocycles. The number of allylic oxidation sites excluding steroid dienone is 1. The second-order valence-corrected chi connectivity index (χ2v) is 1.52. The largest absolute Gasteiger partial charge is 0.513 e. The third-order valence-corrected chi connectivity index (χ3v) is 0.603. The van der Waals surface area contributed by atoms with Crippen LogP contribution in [0.25, 0.3) is 0 Å². The van der Waals surface area contributed by atoms with Crippen molar-refractivity contribution in [3.63, 3.8) is 0 Å². The summed E-state index contributed by atoms with van der Waals surface area (Å²) in [6, 6.07) is 0. The van der Waals surface area contributed by atoms with Gasteiger partial charge in [0.05, 0.1) is 5.76 Å². The molecule has 0 bridgehead atoms. The third-order valence-electron chi connectivity index (χ3n) is 0.603. The van der Waals surface area contributed by atoms with Crippen LogP contribution in [0.5, 0.6) is 0 Å². The van der Waals surface area contributed by atoms with Crippen molar-refractivity contribution in [1.82, 2.24) is 0 Å². The van der Waals surface area contributed by atoms with Gasteiger partial charge in [-0.15, -0.1) is 0 Å². The smallest absolute Gasteiger partial charge is 0.0910 e. The van der Waals surface area contributed by atoms with Crippen molar-refractivity contribution in [3.8, 4) is 0 Å². The molecule has 0 unspecified atom stereocenters. The molecule has 3 heteroatoms. The maximum Gasteiger partial charge on any atom is 0.0910 e. The maximum absolute atomic E-state index is 8.52. The van der Waals surface area contributed by atoms with Crippen molar-refractivity contribution in [2.75, 3.05) is 6.54 Å². The molecule has 0 aromatic carbocycles. The van der Waals surface area contributed by atoms with Gasteiger partial charge in [-0.1, -0.05) is 0 Å². The Morgan fingerprint density at radius 2 is 2.38 bits per heavy atom. The van der Waals surface area contributed by atoms with Gasteiger partial charge in [0.15, 0.2) is 0 Å². The number of nitrogens with two attached hydrogens (primary N) is 1. The Kier molecular flexibility index (Phi) is 2.88. The number of aliphatic hydroxyl groups excluding tert-OH is 1. The summed E-state index contributed by atoms with van der Waals surface area (Å²) < 4.78 is 0. The molecule has 0 aliphatic rings. The van der Waals surface area contributed by atoms with E-state index in [1.807, 2.05) is 0 Å². The van der Waals surface area contributed by atoms with Crippen LogP contribution in [-0.4, -0.2) is 17.4 Å². The van der Waals surface area contributed by atoms with Crippen molar-refractivity contribution in [1.29, 1.82) is 5.41 Å². The van der Waals surface area contributed by atoms with E-state index in [2.05, 4.69) is 0 Å². The lowest BCUT2D eigenvalue weighted by molar-refractivity contribution is 0.415. The van der Waals surface area contributed by atoms with Crippen LogP contribution >= 0.6 is 0 Å². The summed E-state index contributed by atoms with van der Waals surface area (Å²) in [7, 11) is 0. The first-order chi connectivity index (χ1) is 3.66. The molecular weight excluding hydrogens is 104 g/mol. The highest BCUT2D eigenvalue weighted by Crippen LogP contribution is 1.82. The van der Waals surface area contributed by atoms with Crippen LogP contribution in [0, 0.1) is 5.41 Å². The lowest BCUT2D eigenvalue weighted by Crippen LogP contribution is -2.09. The van der Waals surface area contributed by atoms with Crippen LogP contribution in [-0.2, 0) is 0 Å². The fourth-order valence-electron chi connectivity index (χ4n) is 0.311. The summed E-state index contributed by atoms with van der Waals surface area (Å²) in [6.07, 6.45) is 1.32. The summed E-state index contributed by atoms with van der Waals surface area (Å²) in [5.41, 5.74) is 5.28. The molecule has 3 nitrogen and oxygen atoms in total. The van der Waals surface area contributed by atoms with Gasteiger partial charge >= 0.3 is 0 Å². The Balaban J connectivity index is 3.70. The average molecular weight is 114 g/mol. The Morgan fingerprint density at radius 1 is 1.88 bits per heavy atom. The monoisotopic (exact) mass is 114 g/mol. The maximum atomic E-state index is 8.52. The molecule has 0 aromatic rings. The zero-order chi connectivity index (χ0) is 6.57. The zero-order valence-electron chi connectivity index (χ0n) is 4.81. The van der Waals surface area contributed by atoms with E-state index >= 15 is 0 Å². The molecule has 0 atom stereocenters. The summed E-state index contributed by atoms with van der Waals surface area (Å²) in [5, 5.41) is 15.4. The summed E-state index contributed by atoms with van der Waals surface area (Å²) >= 11 is 0. The lowest BCUT2D eigenvalue weighted by Gasteiger charge is -1.89. The molecule has 0 rings (SSSR count). The molecule has 0 aliphatic heterocycles. The topological polar surface area (TPSA) is 70.1 Å². The Labute approximate surface area is 48.3 Å². The van der Waals surface area contributed by atoms with E-state index in [-0.39, 0.29) is 18.0 Å². The van der Waals surface area contributed by atoms with Gasteiger partial charge < -0.3 is 16.2 Å². The summed E-state index contributed by atoms with van der Waals surface area (Å²) in [4.78, 5) is 0. The second kappa shape index (κ2) is 3.21. The summed E-state index contributed by atoms with van der Waals surface area (Å²) in [5.74, 6) is 0.125. The van der Waals surface area contributed by atoms with Gasteiger partial charge in [-0.25, -0.2) is 0 Å². The van der Waals surface area contributed by atoms with Crippen LogP contribution in [0.15, 0.2) is 11.8 Å². The molecule has 0 amide bonds. The van der Waals surface area contributed by atoms with Crippen molar-refractivity contribution in [2.45, 2.75) is 6.92 Å². The molecule has 46 valence electrons. The molecule has 8 heavy (non-hydrogen) atoms. The highest BCUT2D eigenvalue weighted by atomic mass is 16.3. The molecule has 0 saturated heterocycles. The number of rotatable bonds is 2. The zero-order valence-corrected chi connectivity index (χ0v) is 4.81. The summed E-state index contributed by atoms with van der Waals surface area (Å²) in [6.45, 7) is 1.68. The van der Waals surface area contributed by atoms with Gasteiger partial charge in [0.25, 0.3) is 0 Å². The van der Waals surface area contributed by atoms with Crippen LogP contribution in [0.1, 0.15) is 6.92 Å². The first-order valence-electron chi connectivity index (χ1n) is 2.31. The van der Waals surface area contributed by atoms with Crippen molar-refractivity contribution >= 4 is 5.71 Å². The first kappa shape index (κ1) is 7.17. The SMILES string of the molecule is C/C(O)=C/C(=N)CN. The van der Waals surface area contributed by atoms with Crippen LogP contribution in [0.2, 0.25) is 0 Å². The minimum atomic E-state index is 0.125. The van der Waals surface area contributed by atoms with Gasteiger partial charge in [-0.05, 0) is 13.0 Å². The Morgan fingerprint density at radius 3 is 2.50 bits per heavy atom. The van der Waals surface area contributed by atoms with Crippen LogP contribution in [0.4, 0.5) is 0 Å². The predicted molar refractivity (Wildman–Crippen MR) is 33.2 cm³/mol. The van der Waals surface area contributed by atoms with Crippen molar-refractivity contribution in [3.05, 3.63) is 11.8 Å². The van der Waals surface area contributed by atoms with Gasteiger partial charge in [0.2, 0.25) is 0 Å². The molecular formula is C5H10N2O. The fraction of sp³-hybridized carbons (Fsp3) is 0.400. The van der Waals surface area contributed by atoms with E-state index in [0.717, 1.165) is 0 Å². The van der Waals surface area contributed by atoms with E-state index in [4.69, 9.17) is 16.2 Å². The number of hydrogen-bond donors (Lipinski definition) is 3. The molecule has 0 aromatic heterocycles. The normalized spacial score (nSPS) is 11.5. The minimum Gasteiger partial charge on any atom is -0.513 e. The number of hydrogen-bond acceptors (Lipinski definition) is 3. The average Bonchev–Trinajstić information content (AvgIpc) is 1.65. The molecule has 0 radical (unpaired) electrons. The molecule has 4 N–H and O–H groups in total. The second-order valence-electron chi connectivity index (χ2n) is 1.52. The van der Waals surface area contributed by atoms with E-state index in [1.165, 1.54) is 13.0 Å². The van der Waals surface area contributed by atoms with Gasteiger partial charge in [0, 0.05) is 12.3 Å². The number of nitrogens with one attached hydrogen (secondary N) is 1. The molecule has 0 saturated carbocycles. The van der Waals surface area contributed by atoms with E-state index < -0.39 is 0 Å². The molecule has 0 heterocycles. The third kappa shape index (κ3) is 3.36. The molecule has 0 fully saturated rings.